The van der Waals surface area contributed by atoms with Gasteiger partial charge in [0.1, 0.15) is 6.61 Å². The minimum atomic E-state index is -0.0901. The highest BCUT2D eigenvalue weighted by atomic mass is 16.5. The first kappa shape index (κ1) is 14.7. The lowest BCUT2D eigenvalue weighted by atomic mass is 10.0. The number of terminal acetylenes is 1. The van der Waals surface area contributed by atoms with E-state index in [1.165, 1.54) is 0 Å². The number of ether oxygens (including phenoxy) is 1. The second-order valence-corrected chi connectivity index (χ2v) is 6.68. The van der Waals surface area contributed by atoms with E-state index in [2.05, 4.69) is 33.6 Å². The predicted octanol–water partition coefficient (Wildman–Crippen LogP) is 3.59. The molecular weight excluding hydrogens is 248 g/mol. The molecule has 1 aliphatic rings. The molecule has 0 aliphatic heterocycles. The number of rotatable bonds is 4. The minimum absolute atomic E-state index is 0.00397. The van der Waals surface area contributed by atoms with Crippen LogP contribution in [0.15, 0.2) is 24.3 Å². The van der Waals surface area contributed by atoms with Crippen LogP contribution in [0.1, 0.15) is 38.8 Å². The Morgan fingerprint density at radius 2 is 1.65 bits per heavy atom. The number of hydrogen-bond acceptors (Lipinski definition) is 2. The normalized spacial score (nSPS) is 19.1. The lowest BCUT2D eigenvalue weighted by Gasteiger charge is -2.06. The average Bonchev–Trinajstić information content (AvgIpc) is 2.79. The second kappa shape index (κ2) is 4.98. The molecular formula is C18H22O2. The van der Waals surface area contributed by atoms with E-state index in [0.29, 0.717) is 13.0 Å². The molecule has 0 spiro atoms. The molecule has 1 fully saturated rings. The van der Waals surface area contributed by atoms with E-state index in [1.54, 1.807) is 0 Å². The fourth-order valence-corrected chi connectivity index (χ4v) is 2.89. The molecule has 0 aromatic heterocycles. The lowest BCUT2D eigenvalue weighted by molar-refractivity contribution is -0.148. The topological polar surface area (TPSA) is 26.3 Å². The van der Waals surface area contributed by atoms with Crippen molar-refractivity contribution in [1.29, 1.82) is 0 Å². The van der Waals surface area contributed by atoms with Gasteiger partial charge >= 0.3 is 5.97 Å². The molecule has 0 unspecified atom stereocenters. The third-order valence-corrected chi connectivity index (χ3v) is 4.97. The predicted molar refractivity (Wildman–Crippen MR) is 79.8 cm³/mol. The van der Waals surface area contributed by atoms with Gasteiger partial charge in [-0.1, -0.05) is 52.0 Å². The van der Waals surface area contributed by atoms with Gasteiger partial charge in [-0.15, -0.1) is 12.3 Å². The standard InChI is InChI=1S/C18H22O2/c1-6-7-13-8-10-14(11-9-13)12-20-16(19)15-17(2,3)18(15,4)5/h1,8-11,15H,7,12H2,2-5H3. The van der Waals surface area contributed by atoms with E-state index in [9.17, 15) is 4.79 Å². The summed E-state index contributed by atoms with van der Waals surface area (Å²) in [7, 11) is 0. The Hall–Kier alpha value is -1.75. The molecule has 0 saturated heterocycles. The van der Waals surface area contributed by atoms with Crippen molar-refractivity contribution >= 4 is 5.97 Å². The van der Waals surface area contributed by atoms with Gasteiger partial charge in [0.15, 0.2) is 0 Å². The number of carbonyl (C=O) groups excluding carboxylic acids is 1. The van der Waals surface area contributed by atoms with Crippen LogP contribution in [0.2, 0.25) is 0 Å². The molecule has 1 aromatic carbocycles. The van der Waals surface area contributed by atoms with Gasteiger partial charge in [-0.2, -0.15) is 0 Å². The molecule has 0 amide bonds. The summed E-state index contributed by atoms with van der Waals surface area (Å²) in [6.45, 7) is 8.81. The van der Waals surface area contributed by atoms with Gasteiger partial charge in [-0.05, 0) is 22.0 Å². The molecule has 0 heterocycles. The monoisotopic (exact) mass is 270 g/mol. The zero-order chi connectivity index (χ0) is 15.0. The summed E-state index contributed by atoms with van der Waals surface area (Å²) in [6.07, 6.45) is 5.90. The van der Waals surface area contributed by atoms with Gasteiger partial charge in [-0.3, -0.25) is 4.79 Å². The first-order valence-corrected chi connectivity index (χ1v) is 6.98. The van der Waals surface area contributed by atoms with E-state index in [-0.39, 0.29) is 22.7 Å². The van der Waals surface area contributed by atoms with Crippen molar-refractivity contribution in [2.45, 2.75) is 40.7 Å². The highest BCUT2D eigenvalue weighted by Gasteiger charge is 2.69. The maximum atomic E-state index is 12.1. The van der Waals surface area contributed by atoms with Crippen LogP contribution in [0.3, 0.4) is 0 Å². The number of hydrogen-bond donors (Lipinski definition) is 0. The molecule has 1 aliphatic carbocycles. The van der Waals surface area contributed by atoms with Crippen molar-refractivity contribution in [3.05, 3.63) is 35.4 Å². The first-order chi connectivity index (χ1) is 9.30. The van der Waals surface area contributed by atoms with Crippen LogP contribution >= 0.6 is 0 Å². The quantitative estimate of drug-likeness (QED) is 0.617. The molecule has 2 nitrogen and oxygen atoms in total. The largest absolute Gasteiger partial charge is 0.461 e. The van der Waals surface area contributed by atoms with Crippen molar-refractivity contribution in [3.63, 3.8) is 0 Å². The van der Waals surface area contributed by atoms with E-state index in [1.807, 2.05) is 24.3 Å². The summed E-state index contributed by atoms with van der Waals surface area (Å²) in [5, 5.41) is 0. The number of esters is 1. The highest BCUT2D eigenvalue weighted by Crippen LogP contribution is 2.68. The Labute approximate surface area is 121 Å². The molecule has 0 bridgehead atoms. The maximum Gasteiger partial charge on any atom is 0.310 e. The molecule has 1 aromatic rings. The van der Waals surface area contributed by atoms with Crippen molar-refractivity contribution in [1.82, 2.24) is 0 Å². The summed E-state index contributed by atoms with van der Waals surface area (Å²) < 4.78 is 5.44. The first-order valence-electron chi connectivity index (χ1n) is 6.98. The summed E-state index contributed by atoms with van der Waals surface area (Å²) in [5.41, 5.74) is 2.16. The SMILES string of the molecule is C#CCc1ccc(COC(=O)C2C(C)(C)C2(C)C)cc1. The fraction of sp³-hybridized carbons (Fsp3) is 0.500. The van der Waals surface area contributed by atoms with E-state index in [0.717, 1.165) is 11.1 Å². The average molecular weight is 270 g/mol. The molecule has 106 valence electrons. The maximum absolute atomic E-state index is 12.1. The van der Waals surface area contributed by atoms with E-state index < -0.39 is 0 Å². The van der Waals surface area contributed by atoms with Crippen LogP contribution in [-0.2, 0) is 22.6 Å². The number of carbonyl (C=O) groups is 1. The summed E-state index contributed by atoms with van der Waals surface area (Å²) in [6, 6.07) is 7.88. The van der Waals surface area contributed by atoms with Crippen LogP contribution < -0.4 is 0 Å². The molecule has 20 heavy (non-hydrogen) atoms. The second-order valence-electron chi connectivity index (χ2n) is 6.68. The molecule has 1 saturated carbocycles. The Balaban J connectivity index is 1.90. The van der Waals surface area contributed by atoms with Gasteiger partial charge in [0.25, 0.3) is 0 Å². The third-order valence-electron chi connectivity index (χ3n) is 4.97. The Kier molecular flexibility index (Phi) is 3.65. The summed E-state index contributed by atoms with van der Waals surface area (Å²) >= 11 is 0. The van der Waals surface area contributed by atoms with Crippen LogP contribution in [0, 0.1) is 29.1 Å². The Morgan fingerprint density at radius 1 is 1.15 bits per heavy atom. The fourth-order valence-electron chi connectivity index (χ4n) is 2.89. The van der Waals surface area contributed by atoms with Crippen molar-refractivity contribution in [2.24, 2.45) is 16.7 Å². The highest BCUT2D eigenvalue weighted by molar-refractivity contribution is 5.78. The smallest absolute Gasteiger partial charge is 0.310 e. The van der Waals surface area contributed by atoms with Crippen LogP contribution in [0.5, 0.6) is 0 Å². The minimum Gasteiger partial charge on any atom is -0.461 e. The molecule has 0 N–H and O–H groups in total. The number of benzene rings is 1. The van der Waals surface area contributed by atoms with Crippen molar-refractivity contribution < 1.29 is 9.53 Å². The molecule has 2 heteroatoms. The van der Waals surface area contributed by atoms with Crippen LogP contribution in [-0.4, -0.2) is 5.97 Å². The van der Waals surface area contributed by atoms with Crippen LogP contribution in [0.4, 0.5) is 0 Å². The summed E-state index contributed by atoms with van der Waals surface area (Å²) in [5.74, 6) is 2.52. The zero-order valence-corrected chi connectivity index (χ0v) is 12.7. The van der Waals surface area contributed by atoms with Gasteiger partial charge in [-0.25, -0.2) is 0 Å². The summed E-state index contributed by atoms with van der Waals surface area (Å²) in [4.78, 5) is 12.1. The van der Waals surface area contributed by atoms with Gasteiger partial charge in [0.05, 0.1) is 5.92 Å². The Morgan fingerprint density at radius 3 is 2.10 bits per heavy atom. The molecule has 0 radical (unpaired) electrons. The van der Waals surface area contributed by atoms with E-state index in [4.69, 9.17) is 11.2 Å². The van der Waals surface area contributed by atoms with Crippen molar-refractivity contribution in [2.75, 3.05) is 0 Å². The Bertz CT molecular complexity index is 530. The van der Waals surface area contributed by atoms with Gasteiger partial charge < -0.3 is 4.74 Å². The van der Waals surface area contributed by atoms with Gasteiger partial charge in [0.2, 0.25) is 0 Å². The lowest BCUT2D eigenvalue weighted by Crippen LogP contribution is -2.11. The van der Waals surface area contributed by atoms with Crippen molar-refractivity contribution in [3.8, 4) is 12.3 Å². The van der Waals surface area contributed by atoms with Crippen LogP contribution in [0.25, 0.3) is 0 Å². The zero-order valence-electron chi connectivity index (χ0n) is 12.7. The van der Waals surface area contributed by atoms with Gasteiger partial charge in [0, 0.05) is 6.42 Å². The molecule has 0 atom stereocenters. The van der Waals surface area contributed by atoms with E-state index >= 15 is 0 Å². The molecule has 2 rings (SSSR count). The third kappa shape index (κ3) is 2.45.